The molecule has 0 aliphatic heterocycles. The maximum Gasteiger partial charge on any atom is 0.238 e. The summed E-state index contributed by atoms with van der Waals surface area (Å²) >= 11 is 0. The summed E-state index contributed by atoms with van der Waals surface area (Å²) in [6.45, 7) is 10.2. The molecule has 1 aromatic rings. The zero-order valence-electron chi connectivity index (χ0n) is 14.7. The number of amides is 2. The summed E-state index contributed by atoms with van der Waals surface area (Å²) in [6, 6.07) is 5.55. The minimum atomic E-state index is -0.0171. The molecule has 0 heterocycles. The number of nitrogens with zero attached hydrogens (tertiary/aromatic N) is 1. The maximum atomic E-state index is 12.1. The normalized spacial score (nSPS) is 10.7. The smallest absolute Gasteiger partial charge is 0.238 e. The van der Waals surface area contributed by atoms with Crippen molar-refractivity contribution in [2.75, 3.05) is 30.3 Å². The largest absolute Gasteiger partial charge is 0.326 e. The fourth-order valence-corrected chi connectivity index (χ4v) is 2.28. The number of hydrogen-bond donors (Lipinski definition) is 2. The topological polar surface area (TPSA) is 61.4 Å². The summed E-state index contributed by atoms with van der Waals surface area (Å²) in [7, 11) is 0. The van der Waals surface area contributed by atoms with E-state index >= 15 is 0 Å². The predicted molar refractivity (Wildman–Crippen MR) is 95.8 cm³/mol. The predicted octanol–water partition coefficient (Wildman–Crippen LogP) is 3.40. The van der Waals surface area contributed by atoms with Gasteiger partial charge in [0, 0.05) is 17.8 Å². The summed E-state index contributed by atoms with van der Waals surface area (Å²) in [5.41, 5.74) is 2.49. The molecule has 0 saturated carbocycles. The molecule has 0 saturated heterocycles. The van der Waals surface area contributed by atoms with E-state index in [1.807, 2.05) is 39.0 Å². The Morgan fingerprint density at radius 3 is 2.30 bits per heavy atom. The van der Waals surface area contributed by atoms with Crippen molar-refractivity contribution in [3.8, 4) is 0 Å². The van der Waals surface area contributed by atoms with Crippen molar-refractivity contribution in [1.29, 1.82) is 0 Å². The second kappa shape index (κ2) is 10.0. The SMILES string of the molecule is CCCCC(=O)Nc1ccc(NC(=O)CN(CC)CC)c(C)c1. The first kappa shape index (κ1) is 19.2. The number of carbonyl (C=O) groups excluding carboxylic acids is 2. The second-order valence-corrected chi connectivity index (χ2v) is 5.69. The van der Waals surface area contributed by atoms with Gasteiger partial charge in [0.25, 0.3) is 0 Å². The van der Waals surface area contributed by atoms with Crippen molar-refractivity contribution < 1.29 is 9.59 Å². The van der Waals surface area contributed by atoms with Gasteiger partial charge in [-0.25, -0.2) is 0 Å². The number of hydrogen-bond acceptors (Lipinski definition) is 3. The van der Waals surface area contributed by atoms with Crippen LogP contribution < -0.4 is 10.6 Å². The summed E-state index contributed by atoms with van der Waals surface area (Å²) in [5.74, 6) is 0.0149. The van der Waals surface area contributed by atoms with Gasteiger partial charge >= 0.3 is 0 Å². The average Bonchev–Trinajstić information content (AvgIpc) is 2.53. The number of likely N-dealkylation sites (N-methyl/N-ethyl adjacent to an activating group) is 1. The molecule has 1 aromatic carbocycles. The Bertz CT molecular complexity index is 525. The maximum absolute atomic E-state index is 12.1. The van der Waals surface area contributed by atoms with E-state index in [-0.39, 0.29) is 11.8 Å². The lowest BCUT2D eigenvalue weighted by Crippen LogP contribution is -2.33. The summed E-state index contributed by atoms with van der Waals surface area (Å²) in [6.07, 6.45) is 2.44. The van der Waals surface area contributed by atoms with Crippen LogP contribution in [-0.2, 0) is 9.59 Å². The van der Waals surface area contributed by atoms with E-state index in [1.54, 1.807) is 0 Å². The monoisotopic (exact) mass is 319 g/mol. The quantitative estimate of drug-likeness (QED) is 0.733. The van der Waals surface area contributed by atoms with Crippen LogP contribution >= 0.6 is 0 Å². The molecule has 5 heteroatoms. The Kier molecular flexibility index (Phi) is 8.33. The molecule has 0 radical (unpaired) electrons. The average molecular weight is 319 g/mol. The molecule has 0 spiro atoms. The van der Waals surface area contributed by atoms with Gasteiger partial charge in [0.2, 0.25) is 11.8 Å². The number of nitrogens with one attached hydrogen (secondary N) is 2. The third-order valence-electron chi connectivity index (χ3n) is 3.80. The Labute approximate surface area is 139 Å². The number of benzene rings is 1. The van der Waals surface area contributed by atoms with Gasteiger partial charge < -0.3 is 10.6 Å². The van der Waals surface area contributed by atoms with Gasteiger partial charge in [-0.3, -0.25) is 14.5 Å². The van der Waals surface area contributed by atoms with Crippen LogP contribution in [0.4, 0.5) is 11.4 Å². The first-order valence-corrected chi connectivity index (χ1v) is 8.42. The minimum Gasteiger partial charge on any atom is -0.326 e. The number of rotatable bonds is 9. The second-order valence-electron chi connectivity index (χ2n) is 5.69. The summed E-state index contributed by atoms with van der Waals surface area (Å²) in [4.78, 5) is 25.9. The lowest BCUT2D eigenvalue weighted by Gasteiger charge is -2.18. The van der Waals surface area contributed by atoms with Gasteiger partial charge in [-0.1, -0.05) is 27.2 Å². The van der Waals surface area contributed by atoms with Crippen LogP contribution in [0.25, 0.3) is 0 Å². The summed E-state index contributed by atoms with van der Waals surface area (Å²) in [5, 5.41) is 5.82. The lowest BCUT2D eigenvalue weighted by atomic mass is 10.1. The Morgan fingerprint density at radius 1 is 1.04 bits per heavy atom. The molecule has 2 amide bonds. The Morgan fingerprint density at radius 2 is 1.74 bits per heavy atom. The van der Waals surface area contributed by atoms with Crippen molar-refractivity contribution in [3.05, 3.63) is 23.8 Å². The lowest BCUT2D eigenvalue weighted by molar-refractivity contribution is -0.117. The van der Waals surface area contributed by atoms with E-state index in [4.69, 9.17) is 0 Å². The third kappa shape index (κ3) is 6.82. The highest BCUT2D eigenvalue weighted by Gasteiger charge is 2.10. The fourth-order valence-electron chi connectivity index (χ4n) is 2.28. The zero-order valence-corrected chi connectivity index (χ0v) is 14.7. The first-order chi connectivity index (χ1) is 11.0. The van der Waals surface area contributed by atoms with Crippen LogP contribution in [-0.4, -0.2) is 36.3 Å². The van der Waals surface area contributed by atoms with Crippen molar-refractivity contribution in [3.63, 3.8) is 0 Å². The molecule has 5 nitrogen and oxygen atoms in total. The van der Waals surface area contributed by atoms with E-state index in [9.17, 15) is 9.59 Å². The molecule has 128 valence electrons. The molecular weight excluding hydrogens is 290 g/mol. The van der Waals surface area contributed by atoms with Crippen molar-refractivity contribution in [2.24, 2.45) is 0 Å². The molecule has 0 aromatic heterocycles. The molecule has 0 unspecified atom stereocenters. The number of carbonyl (C=O) groups is 2. The molecule has 0 bridgehead atoms. The van der Waals surface area contributed by atoms with E-state index in [0.29, 0.717) is 13.0 Å². The summed E-state index contributed by atoms with van der Waals surface area (Å²) < 4.78 is 0. The van der Waals surface area contributed by atoms with Crippen LogP contribution in [0.1, 0.15) is 45.6 Å². The van der Waals surface area contributed by atoms with Gasteiger partial charge in [0.1, 0.15) is 0 Å². The zero-order chi connectivity index (χ0) is 17.2. The van der Waals surface area contributed by atoms with Crippen LogP contribution in [0, 0.1) is 6.92 Å². The van der Waals surface area contributed by atoms with E-state index in [2.05, 4.69) is 22.5 Å². The standard InChI is InChI=1S/C18H29N3O2/c1-5-8-9-17(22)19-15-10-11-16(14(4)12-15)20-18(23)13-21(6-2)7-3/h10-12H,5-9,13H2,1-4H3,(H,19,22)(H,20,23). The molecule has 1 rings (SSSR count). The van der Waals surface area contributed by atoms with Gasteiger partial charge in [0.15, 0.2) is 0 Å². The van der Waals surface area contributed by atoms with Gasteiger partial charge in [-0.05, 0) is 50.2 Å². The molecular formula is C18H29N3O2. The highest BCUT2D eigenvalue weighted by Crippen LogP contribution is 2.20. The Balaban J connectivity index is 2.62. The number of aryl methyl sites for hydroxylation is 1. The van der Waals surface area contributed by atoms with Crippen molar-refractivity contribution >= 4 is 23.2 Å². The molecule has 0 aliphatic rings. The van der Waals surface area contributed by atoms with Crippen LogP contribution in [0.3, 0.4) is 0 Å². The molecule has 0 fully saturated rings. The van der Waals surface area contributed by atoms with Gasteiger partial charge in [-0.15, -0.1) is 0 Å². The Hall–Kier alpha value is -1.88. The molecule has 0 aliphatic carbocycles. The van der Waals surface area contributed by atoms with Crippen molar-refractivity contribution in [2.45, 2.75) is 47.0 Å². The van der Waals surface area contributed by atoms with E-state index in [1.165, 1.54) is 0 Å². The van der Waals surface area contributed by atoms with Crippen molar-refractivity contribution in [1.82, 2.24) is 4.90 Å². The van der Waals surface area contributed by atoms with E-state index in [0.717, 1.165) is 42.9 Å². The first-order valence-electron chi connectivity index (χ1n) is 8.42. The van der Waals surface area contributed by atoms with Crippen LogP contribution in [0.5, 0.6) is 0 Å². The third-order valence-corrected chi connectivity index (χ3v) is 3.80. The van der Waals surface area contributed by atoms with Gasteiger partial charge in [0.05, 0.1) is 6.54 Å². The highest BCUT2D eigenvalue weighted by atomic mass is 16.2. The highest BCUT2D eigenvalue weighted by molar-refractivity contribution is 5.94. The number of anilines is 2. The molecule has 2 N–H and O–H groups in total. The van der Waals surface area contributed by atoms with Crippen LogP contribution in [0.15, 0.2) is 18.2 Å². The minimum absolute atomic E-state index is 0.0171. The molecule has 0 atom stereocenters. The van der Waals surface area contributed by atoms with E-state index < -0.39 is 0 Å². The van der Waals surface area contributed by atoms with Crippen LogP contribution in [0.2, 0.25) is 0 Å². The number of unbranched alkanes of at least 4 members (excludes halogenated alkanes) is 1. The van der Waals surface area contributed by atoms with Gasteiger partial charge in [-0.2, -0.15) is 0 Å². The molecule has 23 heavy (non-hydrogen) atoms. The fraction of sp³-hybridized carbons (Fsp3) is 0.556.